The Morgan fingerprint density at radius 1 is 1.26 bits per heavy atom. The molecule has 1 aromatic rings. The van der Waals surface area contributed by atoms with Crippen molar-refractivity contribution in [1.82, 2.24) is 5.06 Å². The van der Waals surface area contributed by atoms with E-state index in [-0.39, 0.29) is 18.5 Å². The molecule has 0 saturated heterocycles. The van der Waals surface area contributed by atoms with Crippen molar-refractivity contribution in [2.75, 3.05) is 6.67 Å². The van der Waals surface area contributed by atoms with Crippen LogP contribution in [0.3, 0.4) is 0 Å². The van der Waals surface area contributed by atoms with Crippen LogP contribution in [0.15, 0.2) is 18.2 Å². The van der Waals surface area contributed by atoms with Gasteiger partial charge in [-0.15, -0.1) is 0 Å². The molecule has 0 fully saturated rings. The third-order valence-corrected chi connectivity index (χ3v) is 2.79. The Morgan fingerprint density at radius 2 is 1.79 bits per heavy atom. The Labute approximate surface area is 109 Å². The fourth-order valence-electron chi connectivity index (χ4n) is 1.64. The predicted molar refractivity (Wildman–Crippen MR) is 63.1 cm³/mol. The first kappa shape index (κ1) is 15.5. The van der Waals surface area contributed by atoms with E-state index in [0.29, 0.717) is 11.1 Å². The van der Waals surface area contributed by atoms with E-state index < -0.39 is 29.6 Å². The summed E-state index contributed by atoms with van der Waals surface area (Å²) >= 11 is 0. The summed E-state index contributed by atoms with van der Waals surface area (Å²) in [7, 11) is 0. The highest BCUT2D eigenvalue weighted by Crippen LogP contribution is 2.24. The molecular formula is C13H16F3NO2. The predicted octanol–water partition coefficient (Wildman–Crippen LogP) is 3.07. The van der Waals surface area contributed by atoms with Crippen LogP contribution in [0.25, 0.3) is 0 Å². The van der Waals surface area contributed by atoms with Gasteiger partial charge in [-0.3, -0.25) is 14.4 Å². The van der Waals surface area contributed by atoms with Crippen LogP contribution in [-0.2, 0) is 11.3 Å². The van der Waals surface area contributed by atoms with Gasteiger partial charge in [0.15, 0.2) is 0 Å². The van der Waals surface area contributed by atoms with E-state index >= 15 is 0 Å². The number of nitrogens with zero attached hydrogens (tertiary/aromatic N) is 1. The van der Waals surface area contributed by atoms with Gasteiger partial charge in [0.25, 0.3) is 5.91 Å². The van der Waals surface area contributed by atoms with Gasteiger partial charge in [-0.25, -0.2) is 13.8 Å². The standard InChI is InChI=1S/C13H16F3NO2/c1-13(2,3-4-14)12(18)17(19)8-9-5-10(15)7-11(16)6-9/h5-7,19H,3-4,8H2,1-2H3. The van der Waals surface area contributed by atoms with Gasteiger partial charge in [0.1, 0.15) is 11.6 Å². The Kier molecular flexibility index (Phi) is 4.94. The largest absolute Gasteiger partial charge is 0.286 e. The first-order chi connectivity index (χ1) is 8.76. The van der Waals surface area contributed by atoms with E-state index in [1.807, 2.05) is 0 Å². The van der Waals surface area contributed by atoms with Crippen LogP contribution >= 0.6 is 0 Å². The van der Waals surface area contributed by atoms with Crippen LogP contribution in [-0.4, -0.2) is 22.9 Å². The van der Waals surface area contributed by atoms with Crippen molar-refractivity contribution in [3.63, 3.8) is 0 Å². The van der Waals surface area contributed by atoms with E-state index in [1.54, 1.807) is 0 Å². The fourth-order valence-corrected chi connectivity index (χ4v) is 1.64. The lowest BCUT2D eigenvalue weighted by Crippen LogP contribution is -2.38. The zero-order chi connectivity index (χ0) is 14.6. The van der Waals surface area contributed by atoms with Crippen LogP contribution in [0.2, 0.25) is 0 Å². The summed E-state index contributed by atoms with van der Waals surface area (Å²) in [4.78, 5) is 11.9. The number of alkyl halides is 1. The van der Waals surface area contributed by atoms with Crippen molar-refractivity contribution < 1.29 is 23.2 Å². The van der Waals surface area contributed by atoms with Crippen molar-refractivity contribution in [2.24, 2.45) is 5.41 Å². The van der Waals surface area contributed by atoms with E-state index in [2.05, 4.69) is 0 Å². The molecule has 0 bridgehead atoms. The van der Waals surface area contributed by atoms with Crippen molar-refractivity contribution >= 4 is 5.91 Å². The minimum Gasteiger partial charge on any atom is -0.286 e. The minimum absolute atomic E-state index is 0.0413. The van der Waals surface area contributed by atoms with Crippen LogP contribution in [0.5, 0.6) is 0 Å². The summed E-state index contributed by atoms with van der Waals surface area (Å²) in [6, 6.07) is 2.73. The molecule has 1 amide bonds. The zero-order valence-electron chi connectivity index (χ0n) is 10.8. The second-order valence-electron chi connectivity index (χ2n) is 4.96. The Hall–Kier alpha value is -1.56. The lowest BCUT2D eigenvalue weighted by atomic mass is 9.88. The molecule has 1 N–H and O–H groups in total. The van der Waals surface area contributed by atoms with Gasteiger partial charge in [-0.2, -0.15) is 0 Å². The van der Waals surface area contributed by atoms with E-state index in [0.717, 1.165) is 12.1 Å². The molecule has 6 heteroatoms. The van der Waals surface area contributed by atoms with Crippen LogP contribution in [0, 0.1) is 17.0 Å². The normalized spacial score (nSPS) is 11.5. The van der Waals surface area contributed by atoms with E-state index in [9.17, 15) is 23.2 Å². The highest BCUT2D eigenvalue weighted by molar-refractivity contribution is 5.80. The molecule has 1 rings (SSSR count). The molecule has 0 radical (unpaired) electrons. The number of benzene rings is 1. The van der Waals surface area contributed by atoms with E-state index in [4.69, 9.17) is 0 Å². The maximum absolute atomic E-state index is 13.0. The summed E-state index contributed by atoms with van der Waals surface area (Å²) in [6.45, 7) is 1.93. The average Bonchev–Trinajstić information content (AvgIpc) is 2.26. The summed E-state index contributed by atoms with van der Waals surface area (Å²) < 4.78 is 38.2. The fraction of sp³-hybridized carbons (Fsp3) is 0.462. The molecule has 0 saturated carbocycles. The van der Waals surface area contributed by atoms with Crippen molar-refractivity contribution in [1.29, 1.82) is 0 Å². The Balaban J connectivity index is 2.79. The maximum Gasteiger partial charge on any atom is 0.251 e. The first-order valence-corrected chi connectivity index (χ1v) is 5.78. The second kappa shape index (κ2) is 6.06. The molecular weight excluding hydrogens is 259 g/mol. The number of amides is 1. The summed E-state index contributed by atoms with van der Waals surface area (Å²) in [6.07, 6.45) is -0.0413. The lowest BCUT2D eigenvalue weighted by molar-refractivity contribution is -0.178. The smallest absolute Gasteiger partial charge is 0.251 e. The zero-order valence-corrected chi connectivity index (χ0v) is 10.8. The molecule has 0 aliphatic rings. The quantitative estimate of drug-likeness (QED) is 0.662. The number of hydrogen-bond acceptors (Lipinski definition) is 2. The summed E-state index contributed by atoms with van der Waals surface area (Å²) in [5, 5.41) is 9.98. The van der Waals surface area contributed by atoms with Crippen LogP contribution < -0.4 is 0 Å². The third-order valence-electron chi connectivity index (χ3n) is 2.79. The molecule has 0 aliphatic heterocycles. The monoisotopic (exact) mass is 275 g/mol. The van der Waals surface area contributed by atoms with Crippen LogP contribution in [0.1, 0.15) is 25.8 Å². The third kappa shape index (κ3) is 4.24. The number of hydrogen-bond donors (Lipinski definition) is 1. The van der Waals surface area contributed by atoms with Gasteiger partial charge in [-0.05, 0) is 24.1 Å². The van der Waals surface area contributed by atoms with Gasteiger partial charge in [0.05, 0.1) is 13.2 Å². The number of rotatable bonds is 5. The highest BCUT2D eigenvalue weighted by Gasteiger charge is 2.31. The SMILES string of the molecule is CC(C)(CCF)C(=O)N(O)Cc1cc(F)cc(F)c1. The highest BCUT2D eigenvalue weighted by atomic mass is 19.1. The van der Waals surface area contributed by atoms with Gasteiger partial charge >= 0.3 is 0 Å². The molecule has 0 unspecified atom stereocenters. The van der Waals surface area contributed by atoms with Gasteiger partial charge in [0.2, 0.25) is 0 Å². The molecule has 3 nitrogen and oxygen atoms in total. The van der Waals surface area contributed by atoms with Crippen LogP contribution in [0.4, 0.5) is 13.2 Å². The molecule has 19 heavy (non-hydrogen) atoms. The number of carbonyl (C=O) groups excluding carboxylic acids is 1. The van der Waals surface area contributed by atoms with Crippen molar-refractivity contribution in [3.05, 3.63) is 35.4 Å². The lowest BCUT2D eigenvalue weighted by Gasteiger charge is -2.26. The van der Waals surface area contributed by atoms with Gasteiger partial charge in [0, 0.05) is 11.5 Å². The molecule has 0 aliphatic carbocycles. The molecule has 0 atom stereocenters. The second-order valence-corrected chi connectivity index (χ2v) is 4.96. The topological polar surface area (TPSA) is 40.5 Å². The average molecular weight is 275 g/mol. The molecule has 0 aromatic heterocycles. The minimum atomic E-state index is -1.07. The summed E-state index contributed by atoms with van der Waals surface area (Å²) in [5.41, 5.74) is -0.959. The Bertz CT molecular complexity index is 443. The number of carbonyl (C=O) groups is 1. The van der Waals surface area contributed by atoms with Gasteiger partial charge < -0.3 is 0 Å². The molecule has 106 valence electrons. The molecule has 0 heterocycles. The Morgan fingerprint density at radius 3 is 2.26 bits per heavy atom. The molecule has 0 spiro atoms. The first-order valence-electron chi connectivity index (χ1n) is 5.78. The number of hydroxylamine groups is 2. The summed E-state index contributed by atoms with van der Waals surface area (Å²) in [5.74, 6) is -2.28. The van der Waals surface area contributed by atoms with Gasteiger partial charge in [-0.1, -0.05) is 13.8 Å². The molecule has 1 aromatic carbocycles. The van der Waals surface area contributed by atoms with E-state index in [1.165, 1.54) is 13.8 Å². The maximum atomic E-state index is 13.0. The van der Waals surface area contributed by atoms with Crippen molar-refractivity contribution in [2.45, 2.75) is 26.8 Å². The number of halogens is 3. The van der Waals surface area contributed by atoms with Crippen molar-refractivity contribution in [3.8, 4) is 0 Å².